The molecule has 1 fully saturated rings. The molecule has 1 saturated carbocycles. The van der Waals surface area contributed by atoms with Gasteiger partial charge in [-0.3, -0.25) is 0 Å². The first kappa shape index (κ1) is 9.04. The highest BCUT2D eigenvalue weighted by Crippen LogP contribution is 2.42. The van der Waals surface area contributed by atoms with Crippen LogP contribution in [0.1, 0.15) is 34.3 Å². The third kappa shape index (κ3) is 1.87. The van der Waals surface area contributed by atoms with Gasteiger partial charge in [-0.15, -0.1) is 11.3 Å². The van der Waals surface area contributed by atoms with E-state index in [4.69, 9.17) is 5.26 Å². The van der Waals surface area contributed by atoms with Gasteiger partial charge in [0.2, 0.25) is 0 Å². The Labute approximate surface area is 86.0 Å². The molecule has 68 valence electrons. The summed E-state index contributed by atoms with van der Waals surface area (Å²) in [5.74, 6) is 1.54. The van der Waals surface area contributed by atoms with E-state index < -0.39 is 0 Å². The standard InChI is InChI=1S/C9H10N2S2/c1-12-5-8-11-9(6-2-3-6)7(4-10)13-8/h6H,2-3,5H2,1H3. The second-order valence-electron chi connectivity index (χ2n) is 3.14. The first-order valence-corrected chi connectivity index (χ1v) is 6.45. The summed E-state index contributed by atoms with van der Waals surface area (Å²) in [5, 5.41) is 9.99. The molecule has 2 rings (SSSR count). The Bertz CT molecular complexity index is 347. The summed E-state index contributed by atoms with van der Waals surface area (Å²) in [6.07, 6.45) is 4.50. The van der Waals surface area contributed by atoms with Crippen LogP contribution in [0.15, 0.2) is 0 Å². The zero-order chi connectivity index (χ0) is 9.26. The predicted octanol–water partition coefficient (Wildman–Crippen LogP) is 2.76. The molecule has 0 radical (unpaired) electrons. The average Bonchev–Trinajstić information content (AvgIpc) is 2.89. The van der Waals surface area contributed by atoms with E-state index in [0.29, 0.717) is 5.92 Å². The van der Waals surface area contributed by atoms with Crippen LogP contribution in [0, 0.1) is 11.3 Å². The third-order valence-corrected chi connectivity index (χ3v) is 3.75. The molecule has 1 aromatic heterocycles. The molecule has 0 saturated heterocycles. The zero-order valence-corrected chi connectivity index (χ0v) is 9.04. The average molecular weight is 210 g/mol. The van der Waals surface area contributed by atoms with Crippen molar-refractivity contribution in [3.05, 3.63) is 15.6 Å². The van der Waals surface area contributed by atoms with Crippen LogP contribution in [0.4, 0.5) is 0 Å². The van der Waals surface area contributed by atoms with E-state index in [2.05, 4.69) is 17.3 Å². The molecule has 0 unspecified atom stereocenters. The smallest absolute Gasteiger partial charge is 0.128 e. The van der Waals surface area contributed by atoms with E-state index in [1.54, 1.807) is 23.1 Å². The number of hydrogen-bond acceptors (Lipinski definition) is 4. The van der Waals surface area contributed by atoms with E-state index in [-0.39, 0.29) is 0 Å². The van der Waals surface area contributed by atoms with E-state index in [9.17, 15) is 0 Å². The molecule has 0 amide bonds. The summed E-state index contributed by atoms with van der Waals surface area (Å²) in [6, 6.07) is 2.24. The molecule has 0 atom stereocenters. The molecule has 0 spiro atoms. The predicted molar refractivity (Wildman–Crippen MR) is 56.0 cm³/mol. The van der Waals surface area contributed by atoms with Crippen molar-refractivity contribution in [2.45, 2.75) is 24.5 Å². The fourth-order valence-electron chi connectivity index (χ4n) is 1.28. The Morgan fingerprint density at radius 2 is 2.46 bits per heavy atom. The molecule has 0 aromatic carbocycles. The highest BCUT2D eigenvalue weighted by atomic mass is 32.2. The van der Waals surface area contributed by atoms with E-state index in [1.165, 1.54) is 12.8 Å². The fourth-order valence-corrected chi connectivity index (χ4v) is 2.92. The maximum atomic E-state index is 8.89. The molecule has 1 aliphatic rings. The summed E-state index contributed by atoms with van der Waals surface area (Å²) in [5.41, 5.74) is 1.07. The molecule has 4 heteroatoms. The first-order chi connectivity index (χ1) is 6.35. The molecule has 0 aliphatic heterocycles. The number of rotatable bonds is 3. The van der Waals surface area contributed by atoms with Crippen molar-refractivity contribution in [1.29, 1.82) is 5.26 Å². The molecule has 1 aliphatic carbocycles. The molecule has 0 N–H and O–H groups in total. The number of aromatic nitrogens is 1. The van der Waals surface area contributed by atoms with Crippen LogP contribution in [0.25, 0.3) is 0 Å². The van der Waals surface area contributed by atoms with Crippen LogP contribution < -0.4 is 0 Å². The lowest BCUT2D eigenvalue weighted by atomic mass is 10.3. The second-order valence-corrected chi connectivity index (χ2v) is 5.09. The van der Waals surface area contributed by atoms with Gasteiger partial charge < -0.3 is 0 Å². The number of hydrogen-bond donors (Lipinski definition) is 0. The zero-order valence-electron chi connectivity index (χ0n) is 7.41. The molecular weight excluding hydrogens is 200 g/mol. The lowest BCUT2D eigenvalue weighted by molar-refractivity contribution is 1.02. The number of nitrogens with zero attached hydrogens (tertiary/aromatic N) is 2. The van der Waals surface area contributed by atoms with Gasteiger partial charge in [0.25, 0.3) is 0 Å². The van der Waals surface area contributed by atoms with Gasteiger partial charge in [0.1, 0.15) is 16.0 Å². The number of nitriles is 1. The number of thioether (sulfide) groups is 1. The van der Waals surface area contributed by atoms with Gasteiger partial charge in [0, 0.05) is 11.7 Å². The minimum absolute atomic E-state index is 0.599. The number of thiazole rings is 1. The van der Waals surface area contributed by atoms with Crippen LogP contribution in [0.2, 0.25) is 0 Å². The SMILES string of the molecule is CSCc1nc(C2CC2)c(C#N)s1. The summed E-state index contributed by atoms with van der Waals surface area (Å²) < 4.78 is 0. The van der Waals surface area contributed by atoms with Crippen LogP contribution in [-0.2, 0) is 5.75 Å². The van der Waals surface area contributed by atoms with Crippen molar-refractivity contribution in [2.75, 3.05) is 6.26 Å². The maximum absolute atomic E-state index is 8.89. The van der Waals surface area contributed by atoms with E-state index >= 15 is 0 Å². The van der Waals surface area contributed by atoms with Gasteiger partial charge in [-0.1, -0.05) is 0 Å². The van der Waals surface area contributed by atoms with Crippen LogP contribution >= 0.6 is 23.1 Å². The van der Waals surface area contributed by atoms with Crippen molar-refractivity contribution in [2.24, 2.45) is 0 Å². The van der Waals surface area contributed by atoms with Gasteiger partial charge >= 0.3 is 0 Å². The molecular formula is C9H10N2S2. The Hall–Kier alpha value is -0.530. The van der Waals surface area contributed by atoms with Crippen molar-refractivity contribution >= 4 is 23.1 Å². The van der Waals surface area contributed by atoms with Crippen molar-refractivity contribution in [3.63, 3.8) is 0 Å². The quantitative estimate of drug-likeness (QED) is 0.769. The van der Waals surface area contributed by atoms with Crippen molar-refractivity contribution < 1.29 is 0 Å². The molecule has 1 aromatic rings. The van der Waals surface area contributed by atoms with Crippen LogP contribution in [-0.4, -0.2) is 11.2 Å². The first-order valence-electron chi connectivity index (χ1n) is 4.23. The van der Waals surface area contributed by atoms with Crippen molar-refractivity contribution in [3.8, 4) is 6.07 Å². The molecule has 13 heavy (non-hydrogen) atoms. The molecule has 1 heterocycles. The summed E-state index contributed by atoms with van der Waals surface area (Å²) in [6.45, 7) is 0. The maximum Gasteiger partial charge on any atom is 0.128 e. The Morgan fingerprint density at radius 3 is 3.00 bits per heavy atom. The summed E-state index contributed by atoms with van der Waals surface area (Å²) in [7, 11) is 0. The second kappa shape index (κ2) is 3.69. The fraction of sp³-hybridized carbons (Fsp3) is 0.556. The highest BCUT2D eigenvalue weighted by molar-refractivity contribution is 7.97. The lowest BCUT2D eigenvalue weighted by Crippen LogP contribution is -1.84. The van der Waals surface area contributed by atoms with E-state index in [0.717, 1.165) is 21.3 Å². The highest BCUT2D eigenvalue weighted by Gasteiger charge is 2.29. The van der Waals surface area contributed by atoms with Gasteiger partial charge in [-0.05, 0) is 19.1 Å². The van der Waals surface area contributed by atoms with Crippen molar-refractivity contribution in [1.82, 2.24) is 4.98 Å². The third-order valence-electron chi connectivity index (χ3n) is 2.03. The minimum atomic E-state index is 0.599. The van der Waals surface area contributed by atoms with E-state index in [1.807, 2.05) is 0 Å². The van der Waals surface area contributed by atoms with Gasteiger partial charge in [-0.2, -0.15) is 17.0 Å². The monoisotopic (exact) mass is 210 g/mol. The van der Waals surface area contributed by atoms with Gasteiger partial charge in [0.05, 0.1) is 5.69 Å². The Morgan fingerprint density at radius 1 is 1.69 bits per heavy atom. The topological polar surface area (TPSA) is 36.7 Å². The largest absolute Gasteiger partial charge is 0.244 e. The summed E-state index contributed by atoms with van der Waals surface area (Å²) >= 11 is 3.32. The normalized spacial score (nSPS) is 15.7. The Kier molecular flexibility index (Phi) is 2.56. The molecule has 0 bridgehead atoms. The van der Waals surface area contributed by atoms with Crippen LogP contribution in [0.5, 0.6) is 0 Å². The van der Waals surface area contributed by atoms with Gasteiger partial charge in [-0.25, -0.2) is 4.98 Å². The Balaban J connectivity index is 2.27. The van der Waals surface area contributed by atoms with Gasteiger partial charge in [0.15, 0.2) is 0 Å². The minimum Gasteiger partial charge on any atom is -0.244 e. The summed E-state index contributed by atoms with van der Waals surface area (Å²) in [4.78, 5) is 5.35. The van der Waals surface area contributed by atoms with Crippen LogP contribution in [0.3, 0.4) is 0 Å². The lowest BCUT2D eigenvalue weighted by Gasteiger charge is -1.88. The molecule has 2 nitrogen and oxygen atoms in total.